The SMILES string of the molecule is C=CC(=O)N1CCCN(c2nccc(OCC)n2)CC1. The van der Waals surface area contributed by atoms with Crippen molar-refractivity contribution in [1.29, 1.82) is 0 Å². The van der Waals surface area contributed by atoms with Crippen LogP contribution in [-0.4, -0.2) is 53.6 Å². The average molecular weight is 276 g/mol. The van der Waals surface area contributed by atoms with Crippen LogP contribution in [0.1, 0.15) is 13.3 Å². The van der Waals surface area contributed by atoms with Gasteiger partial charge in [0.1, 0.15) is 0 Å². The van der Waals surface area contributed by atoms with Crippen molar-refractivity contribution >= 4 is 11.9 Å². The van der Waals surface area contributed by atoms with Crippen LogP contribution in [0.5, 0.6) is 5.88 Å². The lowest BCUT2D eigenvalue weighted by Crippen LogP contribution is -2.34. The second-order valence-corrected chi connectivity index (χ2v) is 4.50. The van der Waals surface area contributed by atoms with Gasteiger partial charge in [0.05, 0.1) is 6.61 Å². The maximum atomic E-state index is 11.6. The molecule has 6 heteroatoms. The Kier molecular flexibility index (Phi) is 4.92. The zero-order valence-electron chi connectivity index (χ0n) is 11.8. The Hall–Kier alpha value is -2.11. The molecule has 1 aliphatic rings. The normalized spacial score (nSPS) is 15.7. The molecule has 0 spiro atoms. The van der Waals surface area contributed by atoms with Gasteiger partial charge >= 0.3 is 0 Å². The summed E-state index contributed by atoms with van der Waals surface area (Å²) in [6.07, 6.45) is 3.95. The predicted molar refractivity (Wildman–Crippen MR) is 76.8 cm³/mol. The van der Waals surface area contributed by atoms with Crippen molar-refractivity contribution < 1.29 is 9.53 Å². The topological polar surface area (TPSA) is 58.6 Å². The summed E-state index contributed by atoms with van der Waals surface area (Å²) in [4.78, 5) is 24.2. The number of hydrogen-bond donors (Lipinski definition) is 0. The van der Waals surface area contributed by atoms with Gasteiger partial charge < -0.3 is 14.5 Å². The summed E-state index contributed by atoms with van der Waals surface area (Å²) >= 11 is 0. The van der Waals surface area contributed by atoms with E-state index in [-0.39, 0.29) is 5.91 Å². The fraction of sp³-hybridized carbons (Fsp3) is 0.500. The third-order valence-electron chi connectivity index (χ3n) is 3.17. The molecule has 0 atom stereocenters. The van der Waals surface area contributed by atoms with Gasteiger partial charge in [-0.3, -0.25) is 4.79 Å². The number of amides is 1. The predicted octanol–water partition coefficient (Wildman–Crippen LogP) is 1.10. The van der Waals surface area contributed by atoms with Gasteiger partial charge in [0.25, 0.3) is 0 Å². The number of carbonyl (C=O) groups excluding carboxylic acids is 1. The number of rotatable bonds is 4. The van der Waals surface area contributed by atoms with Crippen molar-refractivity contribution in [1.82, 2.24) is 14.9 Å². The first-order valence-corrected chi connectivity index (χ1v) is 6.86. The molecule has 0 radical (unpaired) electrons. The van der Waals surface area contributed by atoms with E-state index >= 15 is 0 Å². The first kappa shape index (κ1) is 14.3. The maximum absolute atomic E-state index is 11.6. The van der Waals surface area contributed by atoms with E-state index in [4.69, 9.17) is 4.74 Å². The summed E-state index contributed by atoms with van der Waals surface area (Å²) in [5.41, 5.74) is 0. The van der Waals surface area contributed by atoms with Crippen LogP contribution >= 0.6 is 0 Å². The molecule has 0 unspecified atom stereocenters. The highest BCUT2D eigenvalue weighted by Crippen LogP contribution is 2.15. The van der Waals surface area contributed by atoms with Crippen LogP contribution in [0.15, 0.2) is 24.9 Å². The minimum atomic E-state index is -0.0177. The van der Waals surface area contributed by atoms with Gasteiger partial charge in [-0.25, -0.2) is 4.98 Å². The molecular weight excluding hydrogens is 256 g/mol. The molecule has 0 bridgehead atoms. The molecule has 1 aromatic heterocycles. The van der Waals surface area contributed by atoms with Gasteiger partial charge in [-0.1, -0.05) is 6.58 Å². The van der Waals surface area contributed by atoms with Crippen LogP contribution in [0.2, 0.25) is 0 Å². The lowest BCUT2D eigenvalue weighted by atomic mass is 10.4. The van der Waals surface area contributed by atoms with Gasteiger partial charge in [0, 0.05) is 38.4 Å². The molecule has 0 aliphatic carbocycles. The third-order valence-corrected chi connectivity index (χ3v) is 3.17. The third kappa shape index (κ3) is 3.46. The number of aromatic nitrogens is 2. The van der Waals surface area contributed by atoms with Crippen molar-refractivity contribution in [2.75, 3.05) is 37.7 Å². The van der Waals surface area contributed by atoms with Crippen LogP contribution in [0.4, 0.5) is 5.95 Å². The van der Waals surface area contributed by atoms with Gasteiger partial charge in [0.2, 0.25) is 17.7 Å². The maximum Gasteiger partial charge on any atom is 0.246 e. The lowest BCUT2D eigenvalue weighted by Gasteiger charge is -2.21. The molecule has 2 rings (SSSR count). The number of ether oxygens (including phenoxy) is 1. The van der Waals surface area contributed by atoms with Crippen LogP contribution in [0, 0.1) is 0 Å². The minimum absolute atomic E-state index is 0.0177. The molecule has 0 N–H and O–H groups in total. The van der Waals surface area contributed by atoms with E-state index < -0.39 is 0 Å². The van der Waals surface area contributed by atoms with Gasteiger partial charge in [-0.05, 0) is 19.4 Å². The highest BCUT2D eigenvalue weighted by Gasteiger charge is 2.19. The second kappa shape index (κ2) is 6.88. The molecule has 108 valence electrons. The van der Waals surface area contributed by atoms with Crippen LogP contribution in [0.25, 0.3) is 0 Å². The Bertz CT molecular complexity index is 478. The van der Waals surface area contributed by atoms with E-state index in [1.54, 1.807) is 17.2 Å². The molecule has 2 heterocycles. The standard InChI is InChI=1S/C14H20N4O2/c1-3-13(19)17-8-5-9-18(11-10-17)14-15-7-6-12(16-14)20-4-2/h3,6-7H,1,4-5,8-11H2,2H3. The zero-order chi connectivity index (χ0) is 14.4. The van der Waals surface area contributed by atoms with E-state index in [9.17, 15) is 4.79 Å². The Morgan fingerprint density at radius 1 is 1.45 bits per heavy atom. The summed E-state index contributed by atoms with van der Waals surface area (Å²) in [7, 11) is 0. The van der Waals surface area contributed by atoms with E-state index in [1.165, 1.54) is 6.08 Å². The minimum Gasteiger partial charge on any atom is -0.478 e. The Morgan fingerprint density at radius 2 is 2.30 bits per heavy atom. The molecule has 1 saturated heterocycles. The van der Waals surface area contributed by atoms with E-state index in [0.29, 0.717) is 25.0 Å². The number of anilines is 1. The molecule has 0 saturated carbocycles. The van der Waals surface area contributed by atoms with Gasteiger partial charge in [-0.2, -0.15) is 4.98 Å². The largest absolute Gasteiger partial charge is 0.478 e. The molecule has 0 aromatic carbocycles. The fourth-order valence-corrected chi connectivity index (χ4v) is 2.18. The van der Waals surface area contributed by atoms with Crippen molar-refractivity contribution in [2.24, 2.45) is 0 Å². The molecule has 1 aromatic rings. The highest BCUT2D eigenvalue weighted by molar-refractivity contribution is 5.87. The molecule has 1 amide bonds. The Labute approximate surface area is 119 Å². The van der Waals surface area contributed by atoms with Crippen molar-refractivity contribution in [2.45, 2.75) is 13.3 Å². The van der Waals surface area contributed by atoms with Crippen LogP contribution < -0.4 is 9.64 Å². The molecular formula is C14H20N4O2. The average Bonchev–Trinajstić information content (AvgIpc) is 2.73. The second-order valence-electron chi connectivity index (χ2n) is 4.50. The van der Waals surface area contributed by atoms with Gasteiger partial charge in [0.15, 0.2) is 0 Å². The number of hydrogen-bond acceptors (Lipinski definition) is 5. The van der Waals surface area contributed by atoms with E-state index in [2.05, 4.69) is 21.4 Å². The summed E-state index contributed by atoms with van der Waals surface area (Å²) in [5, 5.41) is 0. The summed E-state index contributed by atoms with van der Waals surface area (Å²) in [6.45, 7) is 8.98. The first-order chi connectivity index (χ1) is 9.74. The van der Waals surface area contributed by atoms with Crippen molar-refractivity contribution in [3.05, 3.63) is 24.9 Å². The Balaban J connectivity index is 2.04. The van der Waals surface area contributed by atoms with Crippen molar-refractivity contribution in [3.63, 3.8) is 0 Å². The van der Waals surface area contributed by atoms with Gasteiger partial charge in [-0.15, -0.1) is 0 Å². The number of carbonyl (C=O) groups is 1. The first-order valence-electron chi connectivity index (χ1n) is 6.86. The lowest BCUT2D eigenvalue weighted by molar-refractivity contribution is -0.125. The quantitative estimate of drug-likeness (QED) is 0.771. The van der Waals surface area contributed by atoms with Crippen molar-refractivity contribution in [3.8, 4) is 5.88 Å². The zero-order valence-corrected chi connectivity index (χ0v) is 11.8. The summed E-state index contributed by atoms with van der Waals surface area (Å²) in [5.74, 6) is 1.22. The highest BCUT2D eigenvalue weighted by atomic mass is 16.5. The smallest absolute Gasteiger partial charge is 0.246 e. The monoisotopic (exact) mass is 276 g/mol. The molecule has 20 heavy (non-hydrogen) atoms. The van der Waals surface area contributed by atoms with Crippen LogP contribution in [-0.2, 0) is 4.79 Å². The fourth-order valence-electron chi connectivity index (χ4n) is 2.18. The molecule has 1 fully saturated rings. The number of nitrogens with zero attached hydrogens (tertiary/aromatic N) is 4. The molecule has 6 nitrogen and oxygen atoms in total. The Morgan fingerprint density at radius 3 is 3.05 bits per heavy atom. The van der Waals surface area contributed by atoms with E-state index in [0.717, 1.165) is 26.1 Å². The van der Waals surface area contributed by atoms with E-state index in [1.807, 2.05) is 6.92 Å². The summed E-state index contributed by atoms with van der Waals surface area (Å²) in [6, 6.07) is 1.75. The molecule has 1 aliphatic heterocycles. The van der Waals surface area contributed by atoms with Crippen LogP contribution in [0.3, 0.4) is 0 Å². The summed E-state index contributed by atoms with van der Waals surface area (Å²) < 4.78 is 5.39.